The molecule has 0 bridgehead atoms. The second-order valence-electron chi connectivity index (χ2n) is 6.80. The summed E-state index contributed by atoms with van der Waals surface area (Å²) in [6, 6.07) is -0.718. The molecular formula is C16H24N4O3. The van der Waals surface area contributed by atoms with Crippen LogP contribution in [0.15, 0.2) is 12.7 Å². The van der Waals surface area contributed by atoms with Crippen LogP contribution in [0.5, 0.6) is 0 Å². The molecule has 0 unspecified atom stereocenters. The van der Waals surface area contributed by atoms with Crippen molar-refractivity contribution in [3.8, 4) is 0 Å². The molecular weight excluding hydrogens is 296 g/mol. The number of amides is 4. The Balaban J connectivity index is 1.57. The summed E-state index contributed by atoms with van der Waals surface area (Å²) in [5, 5.41) is 5.27. The summed E-state index contributed by atoms with van der Waals surface area (Å²) in [5.74, 6) is 0.196. The first-order chi connectivity index (χ1) is 11.0. The highest BCUT2D eigenvalue weighted by atomic mass is 16.2. The quantitative estimate of drug-likeness (QED) is 0.723. The van der Waals surface area contributed by atoms with Crippen LogP contribution < -0.4 is 10.6 Å². The fourth-order valence-electron chi connectivity index (χ4n) is 3.86. The van der Waals surface area contributed by atoms with Gasteiger partial charge in [0.25, 0.3) is 0 Å². The van der Waals surface area contributed by atoms with Gasteiger partial charge in [-0.25, -0.2) is 4.79 Å². The molecule has 126 valence electrons. The summed E-state index contributed by atoms with van der Waals surface area (Å²) >= 11 is 0. The van der Waals surface area contributed by atoms with Crippen molar-refractivity contribution in [2.45, 2.75) is 31.7 Å². The molecule has 7 nitrogen and oxygen atoms in total. The van der Waals surface area contributed by atoms with E-state index in [-0.39, 0.29) is 23.3 Å². The van der Waals surface area contributed by atoms with Crippen molar-refractivity contribution < 1.29 is 14.4 Å². The summed E-state index contributed by atoms with van der Waals surface area (Å²) in [4.78, 5) is 39.3. The predicted molar refractivity (Wildman–Crippen MR) is 84.6 cm³/mol. The van der Waals surface area contributed by atoms with Gasteiger partial charge < -0.3 is 20.4 Å². The highest BCUT2D eigenvalue weighted by Crippen LogP contribution is 2.40. The van der Waals surface area contributed by atoms with Crippen LogP contribution in [-0.4, -0.2) is 66.4 Å². The highest BCUT2D eigenvalue weighted by molar-refractivity contribution is 5.90. The average molecular weight is 320 g/mol. The van der Waals surface area contributed by atoms with Crippen molar-refractivity contribution in [3.05, 3.63) is 12.7 Å². The van der Waals surface area contributed by atoms with Gasteiger partial charge in [-0.3, -0.25) is 9.59 Å². The number of nitrogens with one attached hydrogen (secondary N) is 2. The molecule has 0 aromatic carbocycles. The monoisotopic (exact) mass is 320 g/mol. The lowest BCUT2D eigenvalue weighted by Crippen LogP contribution is -2.54. The number of hydrogen-bond donors (Lipinski definition) is 2. The molecule has 0 radical (unpaired) electrons. The molecule has 7 heteroatoms. The number of likely N-dealkylation sites (tertiary alicyclic amines) is 2. The Morgan fingerprint density at radius 3 is 2.65 bits per heavy atom. The van der Waals surface area contributed by atoms with Gasteiger partial charge in [0.05, 0.1) is 0 Å². The van der Waals surface area contributed by atoms with Crippen molar-refractivity contribution in [2.24, 2.45) is 5.41 Å². The maximum absolute atomic E-state index is 12.4. The van der Waals surface area contributed by atoms with Crippen LogP contribution in [0.2, 0.25) is 0 Å². The highest BCUT2D eigenvalue weighted by Gasteiger charge is 2.42. The van der Waals surface area contributed by atoms with Crippen LogP contribution in [0.1, 0.15) is 25.7 Å². The van der Waals surface area contributed by atoms with Gasteiger partial charge in [-0.1, -0.05) is 6.08 Å². The molecule has 3 saturated heterocycles. The number of nitrogens with zero attached hydrogens (tertiary/aromatic N) is 2. The minimum Gasteiger partial charge on any atom is -0.341 e. The van der Waals surface area contributed by atoms with Gasteiger partial charge in [0, 0.05) is 39.1 Å². The molecule has 4 amide bonds. The SMILES string of the molecule is C=CCN1CC2(CCC1=O)CCN(C(=O)[C@@H]1CNC(=O)N1)CC2. The molecule has 1 spiro atoms. The van der Waals surface area contributed by atoms with Crippen LogP contribution in [0.25, 0.3) is 0 Å². The summed E-state index contributed by atoms with van der Waals surface area (Å²) in [5.41, 5.74) is 0.130. The second kappa shape index (κ2) is 6.22. The van der Waals surface area contributed by atoms with E-state index in [1.807, 2.05) is 9.80 Å². The summed E-state index contributed by atoms with van der Waals surface area (Å²) < 4.78 is 0. The standard InChI is InChI=1S/C16H24N4O3/c1-2-7-20-11-16(4-3-13(20)21)5-8-19(9-6-16)14(22)12-10-17-15(23)18-12/h2,12H,1,3-11H2,(H2,17,18,23)/t12-/m0/s1. The third-order valence-corrected chi connectivity index (χ3v) is 5.30. The smallest absolute Gasteiger partial charge is 0.315 e. The zero-order chi connectivity index (χ0) is 16.4. The van der Waals surface area contributed by atoms with E-state index in [0.717, 1.165) is 25.8 Å². The number of urea groups is 1. The number of piperidine rings is 2. The van der Waals surface area contributed by atoms with E-state index in [2.05, 4.69) is 17.2 Å². The molecule has 0 saturated carbocycles. The number of carbonyl (C=O) groups is 3. The number of rotatable bonds is 3. The third-order valence-electron chi connectivity index (χ3n) is 5.30. The summed E-state index contributed by atoms with van der Waals surface area (Å²) in [6.07, 6.45) is 5.08. The molecule has 23 heavy (non-hydrogen) atoms. The van der Waals surface area contributed by atoms with E-state index < -0.39 is 6.04 Å². The third kappa shape index (κ3) is 3.18. The van der Waals surface area contributed by atoms with Gasteiger partial charge in [0.2, 0.25) is 11.8 Å². The molecule has 2 N–H and O–H groups in total. The Bertz CT molecular complexity index is 525. The molecule has 0 aromatic heterocycles. The Morgan fingerprint density at radius 2 is 2.04 bits per heavy atom. The fourth-order valence-corrected chi connectivity index (χ4v) is 3.86. The number of carbonyl (C=O) groups excluding carboxylic acids is 3. The van der Waals surface area contributed by atoms with Crippen molar-refractivity contribution in [1.82, 2.24) is 20.4 Å². The molecule has 3 aliphatic heterocycles. The van der Waals surface area contributed by atoms with E-state index >= 15 is 0 Å². The molecule has 0 aliphatic carbocycles. The zero-order valence-electron chi connectivity index (χ0n) is 13.3. The molecule has 3 aliphatic rings. The first kappa shape index (κ1) is 15.8. The lowest BCUT2D eigenvalue weighted by Gasteiger charge is -2.47. The number of hydrogen-bond acceptors (Lipinski definition) is 3. The van der Waals surface area contributed by atoms with Crippen molar-refractivity contribution in [1.29, 1.82) is 0 Å². The Hall–Kier alpha value is -2.05. The Labute approximate surface area is 136 Å². The van der Waals surface area contributed by atoms with Crippen molar-refractivity contribution in [2.75, 3.05) is 32.7 Å². The van der Waals surface area contributed by atoms with Gasteiger partial charge in [0.15, 0.2) is 0 Å². The first-order valence-electron chi connectivity index (χ1n) is 8.25. The van der Waals surface area contributed by atoms with Gasteiger partial charge in [-0.05, 0) is 24.7 Å². The molecule has 1 atom stereocenters. The normalized spacial score (nSPS) is 26.9. The van der Waals surface area contributed by atoms with Crippen LogP contribution in [0.3, 0.4) is 0 Å². The van der Waals surface area contributed by atoms with E-state index in [1.165, 1.54) is 0 Å². The van der Waals surface area contributed by atoms with Crippen LogP contribution in [0, 0.1) is 5.41 Å². The van der Waals surface area contributed by atoms with E-state index in [4.69, 9.17) is 0 Å². The zero-order valence-corrected chi connectivity index (χ0v) is 13.3. The maximum atomic E-state index is 12.4. The minimum absolute atomic E-state index is 0.00645. The molecule has 3 rings (SSSR count). The van der Waals surface area contributed by atoms with Gasteiger partial charge in [0.1, 0.15) is 6.04 Å². The van der Waals surface area contributed by atoms with Gasteiger partial charge in [-0.2, -0.15) is 0 Å². The Kier molecular flexibility index (Phi) is 4.28. The molecule has 3 heterocycles. The van der Waals surface area contributed by atoms with Crippen LogP contribution in [0.4, 0.5) is 4.79 Å². The van der Waals surface area contributed by atoms with E-state index in [9.17, 15) is 14.4 Å². The molecule has 3 fully saturated rings. The first-order valence-corrected chi connectivity index (χ1v) is 8.25. The average Bonchev–Trinajstić information content (AvgIpc) is 2.98. The summed E-state index contributed by atoms with van der Waals surface area (Å²) in [6.45, 7) is 6.84. The topological polar surface area (TPSA) is 81.8 Å². The van der Waals surface area contributed by atoms with Gasteiger partial charge in [-0.15, -0.1) is 6.58 Å². The van der Waals surface area contributed by atoms with E-state index in [1.54, 1.807) is 6.08 Å². The van der Waals surface area contributed by atoms with E-state index in [0.29, 0.717) is 32.6 Å². The predicted octanol–water partition coefficient (Wildman–Crippen LogP) is 0.0850. The summed E-state index contributed by atoms with van der Waals surface area (Å²) in [7, 11) is 0. The fraction of sp³-hybridized carbons (Fsp3) is 0.688. The largest absolute Gasteiger partial charge is 0.341 e. The maximum Gasteiger partial charge on any atom is 0.315 e. The van der Waals surface area contributed by atoms with Crippen molar-refractivity contribution in [3.63, 3.8) is 0 Å². The Morgan fingerprint density at radius 1 is 1.30 bits per heavy atom. The van der Waals surface area contributed by atoms with Gasteiger partial charge >= 0.3 is 6.03 Å². The van der Waals surface area contributed by atoms with Crippen LogP contribution in [-0.2, 0) is 9.59 Å². The second-order valence-corrected chi connectivity index (χ2v) is 6.80. The van der Waals surface area contributed by atoms with Crippen molar-refractivity contribution >= 4 is 17.8 Å². The molecule has 0 aromatic rings. The van der Waals surface area contributed by atoms with Crippen LogP contribution >= 0.6 is 0 Å². The lowest BCUT2D eigenvalue weighted by atomic mass is 9.72. The minimum atomic E-state index is -0.443. The lowest BCUT2D eigenvalue weighted by molar-refractivity contribution is -0.142.